The molecule has 38 heavy (non-hydrogen) atoms. The first-order chi connectivity index (χ1) is 18.2. The standard InChI is InChI=1S/C28H32F2N4O4/c1-4-33-23(17-32-12-13-34(18(3)16-32)26(35)20-9-7-11-22(30)15-20)24(27(36)38-5-2)25(31-28(33)37)19-8-6-10-21(29)14-19/h6-11,14-15,18,25H,4-5,12-13,16-17H2,1-3H3,(H,31,37). The lowest BCUT2D eigenvalue weighted by molar-refractivity contribution is -0.139. The molecule has 0 radical (unpaired) electrons. The van der Waals surface area contributed by atoms with Crippen LogP contribution in [0.1, 0.15) is 42.7 Å². The maximum atomic E-state index is 14.1. The summed E-state index contributed by atoms with van der Waals surface area (Å²) in [5.41, 5.74) is 1.47. The van der Waals surface area contributed by atoms with Gasteiger partial charge in [0.1, 0.15) is 11.6 Å². The zero-order chi connectivity index (χ0) is 27.4. The molecule has 10 heteroatoms. The molecule has 0 bridgehead atoms. The number of rotatable bonds is 7. The number of likely N-dealkylation sites (N-methyl/N-ethyl adjacent to an activating group) is 1. The van der Waals surface area contributed by atoms with E-state index in [0.29, 0.717) is 37.4 Å². The van der Waals surface area contributed by atoms with Crippen LogP contribution in [-0.4, -0.2) is 78.0 Å². The van der Waals surface area contributed by atoms with Crippen LogP contribution < -0.4 is 5.32 Å². The van der Waals surface area contributed by atoms with Crippen LogP contribution >= 0.6 is 0 Å². The molecule has 2 aromatic rings. The average Bonchev–Trinajstić information content (AvgIpc) is 2.88. The zero-order valence-electron chi connectivity index (χ0n) is 21.7. The van der Waals surface area contributed by atoms with Crippen molar-refractivity contribution in [2.75, 3.05) is 39.3 Å². The Kier molecular flexibility index (Phi) is 8.41. The second-order valence-corrected chi connectivity index (χ2v) is 9.36. The topological polar surface area (TPSA) is 82.2 Å². The van der Waals surface area contributed by atoms with E-state index in [4.69, 9.17) is 4.74 Å². The minimum Gasteiger partial charge on any atom is -0.463 e. The van der Waals surface area contributed by atoms with Crippen molar-refractivity contribution in [3.8, 4) is 0 Å². The molecule has 0 aliphatic carbocycles. The van der Waals surface area contributed by atoms with Crippen LogP contribution in [0.25, 0.3) is 0 Å². The Bertz CT molecular complexity index is 1250. The summed E-state index contributed by atoms with van der Waals surface area (Å²) in [5, 5.41) is 2.83. The van der Waals surface area contributed by atoms with E-state index in [-0.39, 0.29) is 36.2 Å². The van der Waals surface area contributed by atoms with E-state index < -0.39 is 29.7 Å². The number of piperazine rings is 1. The van der Waals surface area contributed by atoms with Crippen LogP contribution in [0.3, 0.4) is 0 Å². The molecule has 2 aliphatic heterocycles. The van der Waals surface area contributed by atoms with E-state index in [9.17, 15) is 23.2 Å². The summed E-state index contributed by atoms with van der Waals surface area (Å²) in [6.45, 7) is 7.48. The van der Waals surface area contributed by atoms with Crippen LogP contribution in [-0.2, 0) is 9.53 Å². The Morgan fingerprint density at radius 1 is 1.05 bits per heavy atom. The predicted molar refractivity (Wildman–Crippen MR) is 137 cm³/mol. The molecule has 0 spiro atoms. The molecule has 1 N–H and O–H groups in total. The third kappa shape index (κ3) is 5.70. The van der Waals surface area contributed by atoms with Gasteiger partial charge >= 0.3 is 12.0 Å². The summed E-state index contributed by atoms with van der Waals surface area (Å²) >= 11 is 0. The van der Waals surface area contributed by atoms with Gasteiger partial charge in [0.05, 0.1) is 18.2 Å². The monoisotopic (exact) mass is 526 g/mol. The molecule has 202 valence electrons. The largest absolute Gasteiger partial charge is 0.463 e. The van der Waals surface area contributed by atoms with Crippen molar-refractivity contribution in [1.82, 2.24) is 20.0 Å². The second kappa shape index (κ2) is 11.7. The number of carbonyl (C=O) groups excluding carboxylic acids is 3. The SMILES string of the molecule is CCOC(=O)C1=C(CN2CCN(C(=O)c3cccc(F)c3)C(C)C2)N(CC)C(=O)NC1c1cccc(F)c1. The maximum absolute atomic E-state index is 14.1. The summed E-state index contributed by atoms with van der Waals surface area (Å²) < 4.78 is 33.1. The van der Waals surface area contributed by atoms with Gasteiger partial charge in [-0.3, -0.25) is 14.6 Å². The number of hydrogen-bond acceptors (Lipinski definition) is 5. The fraction of sp³-hybridized carbons (Fsp3) is 0.393. The number of nitrogens with one attached hydrogen (secondary N) is 1. The van der Waals surface area contributed by atoms with E-state index in [2.05, 4.69) is 10.2 Å². The van der Waals surface area contributed by atoms with Crippen molar-refractivity contribution < 1.29 is 27.9 Å². The molecule has 1 saturated heterocycles. The number of hydrogen-bond donors (Lipinski definition) is 1. The highest BCUT2D eigenvalue weighted by atomic mass is 19.1. The lowest BCUT2D eigenvalue weighted by Gasteiger charge is -2.43. The molecule has 0 saturated carbocycles. The number of carbonyl (C=O) groups is 3. The number of amides is 3. The summed E-state index contributed by atoms with van der Waals surface area (Å²) in [6, 6.07) is 9.94. The van der Waals surface area contributed by atoms with E-state index in [1.165, 1.54) is 41.3 Å². The van der Waals surface area contributed by atoms with Gasteiger partial charge in [-0.15, -0.1) is 0 Å². The molecule has 4 rings (SSSR count). The fourth-order valence-electron chi connectivity index (χ4n) is 5.07. The molecule has 3 amide bonds. The van der Waals surface area contributed by atoms with Gasteiger partial charge in [-0.2, -0.15) is 0 Å². The smallest absolute Gasteiger partial charge is 0.338 e. The molecule has 2 aliphatic rings. The van der Waals surface area contributed by atoms with Gasteiger partial charge < -0.3 is 15.0 Å². The van der Waals surface area contributed by atoms with Crippen molar-refractivity contribution in [2.45, 2.75) is 32.9 Å². The first-order valence-corrected chi connectivity index (χ1v) is 12.8. The number of urea groups is 1. The molecule has 2 heterocycles. The van der Waals surface area contributed by atoms with Crippen LogP contribution in [0.5, 0.6) is 0 Å². The van der Waals surface area contributed by atoms with Gasteiger partial charge in [0, 0.05) is 50.0 Å². The summed E-state index contributed by atoms with van der Waals surface area (Å²) in [5.74, 6) is -1.78. The van der Waals surface area contributed by atoms with E-state index >= 15 is 0 Å². The minimum atomic E-state index is -0.872. The molecular weight excluding hydrogens is 494 g/mol. The van der Waals surface area contributed by atoms with E-state index in [1.54, 1.807) is 24.0 Å². The summed E-state index contributed by atoms with van der Waals surface area (Å²) in [7, 11) is 0. The number of esters is 1. The van der Waals surface area contributed by atoms with E-state index in [1.807, 2.05) is 13.8 Å². The molecule has 2 atom stereocenters. The second-order valence-electron chi connectivity index (χ2n) is 9.36. The highest BCUT2D eigenvalue weighted by Crippen LogP contribution is 2.32. The number of ether oxygens (including phenoxy) is 1. The quantitative estimate of drug-likeness (QED) is 0.557. The fourth-order valence-corrected chi connectivity index (χ4v) is 5.07. The number of benzene rings is 2. The van der Waals surface area contributed by atoms with Gasteiger partial charge in [0.15, 0.2) is 0 Å². The molecule has 1 fully saturated rings. The Balaban J connectivity index is 1.63. The van der Waals surface area contributed by atoms with Gasteiger partial charge in [0.2, 0.25) is 0 Å². The van der Waals surface area contributed by atoms with Crippen molar-refractivity contribution >= 4 is 17.9 Å². The van der Waals surface area contributed by atoms with Crippen LogP contribution in [0.15, 0.2) is 59.8 Å². The van der Waals surface area contributed by atoms with Crippen molar-refractivity contribution in [1.29, 1.82) is 0 Å². The predicted octanol–water partition coefficient (Wildman–Crippen LogP) is 3.71. The lowest BCUT2D eigenvalue weighted by Crippen LogP contribution is -2.56. The molecule has 2 aromatic carbocycles. The lowest BCUT2D eigenvalue weighted by atomic mass is 9.94. The molecule has 8 nitrogen and oxygen atoms in total. The van der Waals surface area contributed by atoms with Crippen molar-refractivity contribution in [2.24, 2.45) is 0 Å². The molecular formula is C28H32F2N4O4. The Morgan fingerprint density at radius 3 is 2.39 bits per heavy atom. The Morgan fingerprint density at radius 2 is 1.76 bits per heavy atom. The maximum Gasteiger partial charge on any atom is 0.338 e. The highest BCUT2D eigenvalue weighted by Gasteiger charge is 2.39. The van der Waals surface area contributed by atoms with Crippen molar-refractivity contribution in [3.63, 3.8) is 0 Å². The van der Waals surface area contributed by atoms with Crippen molar-refractivity contribution in [3.05, 3.63) is 82.6 Å². The molecule has 0 aromatic heterocycles. The number of halogens is 2. The van der Waals surface area contributed by atoms with Crippen LogP contribution in [0, 0.1) is 11.6 Å². The highest BCUT2D eigenvalue weighted by molar-refractivity contribution is 5.95. The van der Waals surface area contributed by atoms with Crippen LogP contribution in [0.2, 0.25) is 0 Å². The average molecular weight is 527 g/mol. The minimum absolute atomic E-state index is 0.142. The van der Waals surface area contributed by atoms with Crippen LogP contribution in [0.4, 0.5) is 13.6 Å². The number of nitrogens with zero attached hydrogens (tertiary/aromatic N) is 3. The van der Waals surface area contributed by atoms with Gasteiger partial charge in [-0.1, -0.05) is 18.2 Å². The normalized spacial score (nSPS) is 20.4. The first-order valence-electron chi connectivity index (χ1n) is 12.8. The third-order valence-corrected chi connectivity index (χ3v) is 6.85. The molecule has 2 unspecified atom stereocenters. The first kappa shape index (κ1) is 27.3. The Hall–Kier alpha value is -3.79. The van der Waals surface area contributed by atoms with Gasteiger partial charge in [-0.05, 0) is 56.7 Å². The Labute approximate surface area is 220 Å². The van der Waals surface area contributed by atoms with Gasteiger partial charge in [-0.25, -0.2) is 18.4 Å². The van der Waals surface area contributed by atoms with Gasteiger partial charge in [0.25, 0.3) is 5.91 Å². The van der Waals surface area contributed by atoms with E-state index in [0.717, 1.165) is 0 Å². The zero-order valence-corrected chi connectivity index (χ0v) is 21.7. The third-order valence-electron chi connectivity index (χ3n) is 6.85. The summed E-state index contributed by atoms with van der Waals surface area (Å²) in [4.78, 5) is 44.6. The summed E-state index contributed by atoms with van der Waals surface area (Å²) in [6.07, 6.45) is 0.